The van der Waals surface area contributed by atoms with Crippen LogP contribution in [-0.4, -0.2) is 56.7 Å². The number of likely N-dealkylation sites (N-methyl/N-ethyl adjacent to an activating group) is 1. The lowest BCUT2D eigenvalue weighted by molar-refractivity contribution is -0.886. The van der Waals surface area contributed by atoms with E-state index in [9.17, 15) is 9.59 Å². The third kappa shape index (κ3) is 11.4. The number of unbranched alkanes of at least 4 members (excludes halogenated alkanes) is 5. The van der Waals surface area contributed by atoms with Gasteiger partial charge in [0.05, 0.1) is 38.3 Å². The van der Waals surface area contributed by atoms with Crippen molar-refractivity contribution in [2.45, 2.75) is 51.0 Å². The van der Waals surface area contributed by atoms with Crippen LogP contribution in [0.4, 0.5) is 0 Å². The highest BCUT2D eigenvalue weighted by Crippen LogP contribution is 2.24. The number of nitrogens with one attached hydrogen (secondary N) is 1. The van der Waals surface area contributed by atoms with Crippen LogP contribution in [-0.2, 0) is 11.2 Å². The maximum atomic E-state index is 12.9. The fourth-order valence-electron chi connectivity index (χ4n) is 4.43. The van der Waals surface area contributed by atoms with Gasteiger partial charge in [-0.3, -0.25) is 4.79 Å². The molecule has 0 radical (unpaired) electrons. The summed E-state index contributed by atoms with van der Waals surface area (Å²) in [5.74, 6) is 0.716. The number of halogens is 2. The number of hydrogen-bond acceptors (Lipinski definition) is 4. The Kier molecular flexibility index (Phi) is 13.0. The fourth-order valence-corrected chi connectivity index (χ4v) is 4.92. The Morgan fingerprint density at radius 2 is 1.44 bits per heavy atom. The minimum atomic E-state index is -0.542. The molecular weight excluding hydrogens is 559 g/mol. The number of esters is 1. The van der Waals surface area contributed by atoms with Gasteiger partial charge < -0.3 is 19.3 Å². The van der Waals surface area contributed by atoms with Crippen LogP contribution >= 0.6 is 23.2 Å². The highest BCUT2D eigenvalue weighted by atomic mass is 35.5. The lowest BCUT2D eigenvalue weighted by Crippen LogP contribution is -2.55. The molecule has 8 heteroatoms. The smallest absolute Gasteiger partial charge is 0.345 e. The maximum Gasteiger partial charge on any atom is 0.345 e. The van der Waals surface area contributed by atoms with Crippen molar-refractivity contribution < 1.29 is 23.5 Å². The molecule has 1 atom stereocenters. The van der Waals surface area contributed by atoms with E-state index in [0.29, 0.717) is 28.4 Å². The van der Waals surface area contributed by atoms with Gasteiger partial charge in [-0.2, -0.15) is 0 Å². The molecule has 1 unspecified atom stereocenters. The Balaban J connectivity index is 1.25. The normalized spacial score (nSPS) is 12.0. The second-order valence-electron chi connectivity index (χ2n) is 11.1. The summed E-state index contributed by atoms with van der Waals surface area (Å²) in [5, 5.41) is 3.86. The van der Waals surface area contributed by atoms with Gasteiger partial charge in [-0.05, 0) is 60.9 Å². The van der Waals surface area contributed by atoms with Crippen LogP contribution in [0.1, 0.15) is 54.4 Å². The van der Waals surface area contributed by atoms with Gasteiger partial charge in [0.25, 0.3) is 5.91 Å². The summed E-state index contributed by atoms with van der Waals surface area (Å²) in [6, 6.07) is 21.7. The first-order chi connectivity index (χ1) is 19.6. The van der Waals surface area contributed by atoms with Crippen LogP contribution in [0.25, 0.3) is 0 Å². The van der Waals surface area contributed by atoms with Gasteiger partial charge in [0.2, 0.25) is 0 Å². The van der Waals surface area contributed by atoms with Crippen molar-refractivity contribution in [2.75, 3.05) is 34.3 Å². The summed E-state index contributed by atoms with van der Waals surface area (Å²) in [6.07, 6.45) is 7.13. The molecule has 0 spiro atoms. The molecule has 41 heavy (non-hydrogen) atoms. The summed E-state index contributed by atoms with van der Waals surface area (Å²) in [7, 11) is 6.22. The number of benzene rings is 3. The minimum Gasteiger partial charge on any atom is -0.494 e. The second-order valence-corrected chi connectivity index (χ2v) is 11.9. The highest BCUT2D eigenvalue weighted by molar-refractivity contribution is 6.36. The Bertz CT molecular complexity index is 1240. The van der Waals surface area contributed by atoms with Crippen LogP contribution in [0.5, 0.6) is 11.5 Å². The van der Waals surface area contributed by atoms with Crippen LogP contribution in [0.2, 0.25) is 10.0 Å². The van der Waals surface area contributed by atoms with Gasteiger partial charge >= 0.3 is 5.97 Å². The first kappa shape index (κ1) is 32.5. The molecular formula is C33H41Cl2N2O4+. The van der Waals surface area contributed by atoms with Crippen LogP contribution in [0, 0.1) is 0 Å². The summed E-state index contributed by atoms with van der Waals surface area (Å²) in [5.41, 5.74) is 1.44. The van der Waals surface area contributed by atoms with Gasteiger partial charge in [0, 0.05) is 18.0 Å². The average Bonchev–Trinajstić information content (AvgIpc) is 2.93. The van der Waals surface area contributed by atoms with E-state index in [-0.39, 0.29) is 22.5 Å². The van der Waals surface area contributed by atoms with E-state index in [2.05, 4.69) is 38.6 Å². The van der Waals surface area contributed by atoms with Gasteiger partial charge in [-0.15, -0.1) is 0 Å². The Morgan fingerprint density at radius 3 is 2.10 bits per heavy atom. The lowest BCUT2D eigenvalue weighted by atomic mass is 10.0. The number of nitrogens with zero attached hydrogens (tertiary/aromatic N) is 1. The third-order valence-corrected chi connectivity index (χ3v) is 7.38. The molecule has 0 aliphatic heterocycles. The van der Waals surface area contributed by atoms with E-state index in [1.165, 1.54) is 17.7 Å². The topological polar surface area (TPSA) is 64.6 Å². The molecule has 3 aromatic carbocycles. The zero-order valence-corrected chi connectivity index (χ0v) is 25.7. The molecule has 0 bridgehead atoms. The minimum absolute atomic E-state index is 0.114. The molecule has 0 aliphatic rings. The van der Waals surface area contributed by atoms with Crippen molar-refractivity contribution in [1.29, 1.82) is 0 Å². The quantitative estimate of drug-likeness (QED) is 0.0808. The third-order valence-electron chi connectivity index (χ3n) is 6.83. The number of ether oxygens (including phenoxy) is 2. The van der Waals surface area contributed by atoms with Gasteiger partial charge in [-0.25, -0.2) is 4.79 Å². The fraction of sp³-hybridized carbons (Fsp3) is 0.394. The molecule has 1 N–H and O–H groups in total. The first-order valence-corrected chi connectivity index (χ1v) is 14.9. The molecule has 3 aromatic rings. The van der Waals surface area contributed by atoms with E-state index in [1.807, 2.05) is 18.2 Å². The van der Waals surface area contributed by atoms with Crippen LogP contribution in [0.15, 0.2) is 72.8 Å². The molecule has 1 amide bonds. The molecule has 6 nitrogen and oxygen atoms in total. The number of rotatable bonds is 16. The highest BCUT2D eigenvalue weighted by Gasteiger charge is 2.31. The van der Waals surface area contributed by atoms with Crippen molar-refractivity contribution in [3.8, 4) is 11.5 Å². The standard InChI is InChI=1S/C33H40Cl2N2O4/c1-37(2,3)31(23-25-13-9-8-10-14-25)32(38)36-21-11-6-4-5-7-12-22-40-27-16-18-28(19-17-27)41-33(39)29-20-15-26(34)24-30(29)35/h8-10,13-20,24,31H,4-7,11-12,21-23H2,1-3H3/p+1. The maximum absolute atomic E-state index is 12.9. The van der Waals surface area contributed by atoms with Crippen molar-refractivity contribution in [3.05, 3.63) is 94.0 Å². The Morgan fingerprint density at radius 1 is 0.805 bits per heavy atom. The lowest BCUT2D eigenvalue weighted by Gasteiger charge is -2.33. The Hall–Kier alpha value is -3.06. The molecule has 0 saturated carbocycles. The van der Waals surface area contributed by atoms with Crippen molar-refractivity contribution in [2.24, 2.45) is 0 Å². The number of carbonyl (C=O) groups excluding carboxylic acids is 2. The van der Waals surface area contributed by atoms with Crippen LogP contribution < -0.4 is 14.8 Å². The molecule has 0 aliphatic carbocycles. The molecule has 0 heterocycles. The van der Waals surface area contributed by atoms with E-state index < -0.39 is 5.97 Å². The number of amides is 1. The zero-order valence-electron chi connectivity index (χ0n) is 24.2. The predicted molar refractivity (Wildman–Crippen MR) is 166 cm³/mol. The van der Waals surface area contributed by atoms with Crippen molar-refractivity contribution >= 4 is 35.1 Å². The van der Waals surface area contributed by atoms with E-state index in [4.69, 9.17) is 32.7 Å². The molecule has 0 saturated heterocycles. The molecule has 0 aromatic heterocycles. The zero-order chi connectivity index (χ0) is 29.7. The first-order valence-electron chi connectivity index (χ1n) is 14.2. The van der Waals surface area contributed by atoms with E-state index in [1.54, 1.807) is 30.3 Å². The van der Waals surface area contributed by atoms with Crippen LogP contribution in [0.3, 0.4) is 0 Å². The summed E-state index contributed by atoms with van der Waals surface area (Å²) in [6.45, 7) is 1.34. The van der Waals surface area contributed by atoms with Crippen molar-refractivity contribution in [1.82, 2.24) is 5.32 Å². The number of carbonyl (C=O) groups is 2. The van der Waals surface area contributed by atoms with Gasteiger partial charge in [0.15, 0.2) is 6.04 Å². The Labute approximate surface area is 254 Å². The van der Waals surface area contributed by atoms with Gasteiger partial charge in [-0.1, -0.05) is 79.2 Å². The molecule has 3 rings (SSSR count). The number of hydrogen-bond donors (Lipinski definition) is 1. The summed E-state index contributed by atoms with van der Waals surface area (Å²) < 4.78 is 11.8. The predicted octanol–water partition coefficient (Wildman–Crippen LogP) is 7.37. The largest absolute Gasteiger partial charge is 0.494 e. The van der Waals surface area contributed by atoms with Gasteiger partial charge in [0.1, 0.15) is 11.5 Å². The summed E-state index contributed by atoms with van der Waals surface area (Å²) >= 11 is 12.0. The monoisotopic (exact) mass is 599 g/mol. The number of quaternary nitrogens is 1. The second kappa shape index (κ2) is 16.4. The van der Waals surface area contributed by atoms with E-state index in [0.717, 1.165) is 50.7 Å². The van der Waals surface area contributed by atoms with E-state index >= 15 is 0 Å². The summed E-state index contributed by atoms with van der Waals surface area (Å²) in [4.78, 5) is 25.2. The van der Waals surface area contributed by atoms with Crippen molar-refractivity contribution in [3.63, 3.8) is 0 Å². The molecule has 220 valence electrons. The SMILES string of the molecule is C[N+](C)(C)C(Cc1ccccc1)C(=O)NCCCCCCCCOc1ccc(OC(=O)c2ccc(Cl)cc2Cl)cc1. The molecule has 0 fully saturated rings. The average molecular weight is 601 g/mol.